The highest BCUT2D eigenvalue weighted by atomic mass is 16.6. The zero-order valence-corrected chi connectivity index (χ0v) is 11.1. The smallest absolute Gasteiger partial charge is 0.392 e. The Bertz CT molecular complexity index is 473. The van der Waals surface area contributed by atoms with Crippen molar-refractivity contribution in [1.29, 1.82) is 0 Å². The van der Waals surface area contributed by atoms with Gasteiger partial charge in [0, 0.05) is 0 Å². The Kier molecular flexibility index (Phi) is 3.73. The van der Waals surface area contributed by atoms with Gasteiger partial charge in [-0.2, -0.15) is 4.68 Å². The lowest BCUT2D eigenvalue weighted by Crippen LogP contribution is -2.29. The van der Waals surface area contributed by atoms with Crippen molar-refractivity contribution in [3.63, 3.8) is 0 Å². The van der Waals surface area contributed by atoms with Gasteiger partial charge in [-0.1, -0.05) is 0 Å². The van der Waals surface area contributed by atoms with Gasteiger partial charge in [-0.15, -0.1) is 0 Å². The van der Waals surface area contributed by atoms with E-state index in [4.69, 9.17) is 4.74 Å². The average molecular weight is 255 g/mol. The van der Waals surface area contributed by atoms with E-state index in [-0.39, 0.29) is 5.82 Å². The first-order valence-corrected chi connectivity index (χ1v) is 5.55. The number of ether oxygens (including phenoxy) is 1. The summed E-state index contributed by atoms with van der Waals surface area (Å²) in [5.74, 6) is -0.717. The van der Waals surface area contributed by atoms with Crippen molar-refractivity contribution in [2.75, 3.05) is 0 Å². The van der Waals surface area contributed by atoms with Crippen molar-refractivity contribution in [1.82, 2.24) is 9.78 Å². The predicted molar refractivity (Wildman–Crippen MR) is 64.2 cm³/mol. The second-order valence-electron chi connectivity index (χ2n) is 5.08. The molecule has 0 fully saturated rings. The summed E-state index contributed by atoms with van der Waals surface area (Å²) in [5.41, 5.74) is -0.185. The lowest BCUT2D eigenvalue weighted by molar-refractivity contribution is -0.390. The third-order valence-electron chi connectivity index (χ3n) is 2.21. The van der Waals surface area contributed by atoms with Crippen LogP contribution in [0.3, 0.4) is 0 Å². The van der Waals surface area contributed by atoms with Crippen LogP contribution in [0.2, 0.25) is 0 Å². The van der Waals surface area contributed by atoms with Gasteiger partial charge in [-0.3, -0.25) is 0 Å². The molecule has 1 heterocycles. The molecule has 0 aromatic carbocycles. The van der Waals surface area contributed by atoms with E-state index in [1.165, 1.54) is 10.9 Å². The van der Waals surface area contributed by atoms with Crippen LogP contribution in [-0.4, -0.2) is 26.3 Å². The van der Waals surface area contributed by atoms with Crippen molar-refractivity contribution < 1.29 is 14.5 Å². The van der Waals surface area contributed by atoms with Gasteiger partial charge >= 0.3 is 11.8 Å². The number of carbonyl (C=O) groups is 1. The Morgan fingerprint density at radius 3 is 2.50 bits per heavy atom. The molecule has 1 aromatic heterocycles. The third-order valence-corrected chi connectivity index (χ3v) is 2.21. The van der Waals surface area contributed by atoms with Gasteiger partial charge in [0.25, 0.3) is 0 Å². The number of aromatic nitrogens is 2. The fourth-order valence-electron chi connectivity index (χ4n) is 1.35. The SMILES string of the molecule is Cc1cn(C(C)C(=O)OC(C)(C)C)nc1[N+](=O)[O-]. The van der Waals surface area contributed by atoms with Crippen LogP contribution < -0.4 is 0 Å². The van der Waals surface area contributed by atoms with Gasteiger partial charge in [0.1, 0.15) is 5.60 Å². The monoisotopic (exact) mass is 255 g/mol. The minimum atomic E-state index is -0.698. The van der Waals surface area contributed by atoms with Gasteiger partial charge in [-0.05, 0) is 39.5 Å². The average Bonchev–Trinajstić information content (AvgIpc) is 2.56. The molecule has 0 aliphatic rings. The molecule has 0 saturated heterocycles. The van der Waals surface area contributed by atoms with Gasteiger partial charge < -0.3 is 14.9 Å². The summed E-state index contributed by atoms with van der Waals surface area (Å²) in [6.07, 6.45) is 1.46. The Labute approximate surface area is 105 Å². The van der Waals surface area contributed by atoms with Crippen LogP contribution in [0.4, 0.5) is 5.82 Å². The fourth-order valence-corrected chi connectivity index (χ4v) is 1.35. The van der Waals surface area contributed by atoms with E-state index in [1.54, 1.807) is 34.6 Å². The standard InChI is InChI=1S/C11H17N3O4/c1-7-6-13(12-9(7)14(16)17)8(2)10(15)18-11(3,4)5/h6,8H,1-5H3. The van der Waals surface area contributed by atoms with Gasteiger partial charge in [-0.25, -0.2) is 4.79 Å². The summed E-state index contributed by atoms with van der Waals surface area (Å²) >= 11 is 0. The molecule has 100 valence electrons. The quantitative estimate of drug-likeness (QED) is 0.468. The minimum absolute atomic E-state index is 0.245. The van der Waals surface area contributed by atoms with Crippen molar-refractivity contribution in [2.24, 2.45) is 0 Å². The first-order chi connectivity index (χ1) is 8.11. The van der Waals surface area contributed by atoms with Crippen LogP contribution in [-0.2, 0) is 9.53 Å². The molecular weight excluding hydrogens is 238 g/mol. The number of hydrogen-bond acceptors (Lipinski definition) is 5. The molecule has 0 aliphatic heterocycles. The van der Waals surface area contributed by atoms with E-state index in [9.17, 15) is 14.9 Å². The summed E-state index contributed by atoms with van der Waals surface area (Å²) in [4.78, 5) is 21.9. The highest BCUT2D eigenvalue weighted by Crippen LogP contribution is 2.19. The van der Waals surface area contributed by atoms with Crippen molar-refractivity contribution in [3.05, 3.63) is 21.9 Å². The molecule has 0 spiro atoms. The van der Waals surface area contributed by atoms with Crippen LogP contribution in [0, 0.1) is 17.0 Å². The van der Waals surface area contributed by atoms with E-state index >= 15 is 0 Å². The molecule has 0 bridgehead atoms. The summed E-state index contributed by atoms with van der Waals surface area (Å²) in [6.45, 7) is 8.44. The molecule has 18 heavy (non-hydrogen) atoms. The molecule has 0 saturated carbocycles. The summed E-state index contributed by atoms with van der Waals surface area (Å²) in [6, 6.07) is -0.698. The molecule has 0 radical (unpaired) electrons. The van der Waals surface area contributed by atoms with E-state index in [2.05, 4.69) is 5.10 Å². The fraction of sp³-hybridized carbons (Fsp3) is 0.636. The van der Waals surface area contributed by atoms with E-state index in [1.807, 2.05) is 0 Å². The maximum absolute atomic E-state index is 11.8. The number of carbonyl (C=O) groups excluding carboxylic acids is 1. The van der Waals surface area contributed by atoms with Crippen LogP contribution in [0.25, 0.3) is 0 Å². The summed E-state index contributed by atoms with van der Waals surface area (Å²) in [7, 11) is 0. The second kappa shape index (κ2) is 4.75. The van der Waals surface area contributed by atoms with Crippen molar-refractivity contribution in [2.45, 2.75) is 46.3 Å². The van der Waals surface area contributed by atoms with Crippen LogP contribution >= 0.6 is 0 Å². The van der Waals surface area contributed by atoms with Crippen molar-refractivity contribution >= 4 is 11.8 Å². The number of hydrogen-bond donors (Lipinski definition) is 0. The van der Waals surface area contributed by atoms with E-state index in [0.29, 0.717) is 5.56 Å². The topological polar surface area (TPSA) is 87.3 Å². The number of nitro groups is 1. The number of nitrogens with zero attached hydrogens (tertiary/aromatic N) is 3. The molecule has 1 unspecified atom stereocenters. The number of aryl methyl sites for hydroxylation is 1. The molecule has 7 nitrogen and oxygen atoms in total. The van der Waals surface area contributed by atoms with E-state index < -0.39 is 22.5 Å². The van der Waals surface area contributed by atoms with Crippen molar-refractivity contribution in [3.8, 4) is 0 Å². The van der Waals surface area contributed by atoms with Crippen LogP contribution in [0.5, 0.6) is 0 Å². The molecule has 0 aliphatic carbocycles. The van der Waals surface area contributed by atoms with Gasteiger partial charge in [0.05, 0.1) is 16.9 Å². The predicted octanol–water partition coefficient (Wildman–Crippen LogP) is 2.00. The lowest BCUT2D eigenvalue weighted by Gasteiger charge is -2.21. The zero-order chi connectivity index (χ0) is 14.1. The molecule has 0 amide bonds. The highest BCUT2D eigenvalue weighted by Gasteiger charge is 2.28. The Hall–Kier alpha value is -1.92. The van der Waals surface area contributed by atoms with Crippen LogP contribution in [0.15, 0.2) is 6.20 Å². The Morgan fingerprint density at radius 1 is 1.56 bits per heavy atom. The number of esters is 1. The van der Waals surface area contributed by atoms with Gasteiger partial charge in [0.2, 0.25) is 0 Å². The first-order valence-electron chi connectivity index (χ1n) is 5.55. The Morgan fingerprint density at radius 2 is 2.11 bits per heavy atom. The third kappa shape index (κ3) is 3.28. The van der Waals surface area contributed by atoms with E-state index in [0.717, 1.165) is 0 Å². The summed E-state index contributed by atoms with van der Waals surface area (Å²) < 4.78 is 6.45. The summed E-state index contributed by atoms with van der Waals surface area (Å²) in [5, 5.41) is 14.4. The zero-order valence-electron chi connectivity index (χ0n) is 11.1. The lowest BCUT2D eigenvalue weighted by atomic mass is 10.2. The first kappa shape index (κ1) is 14.1. The largest absolute Gasteiger partial charge is 0.458 e. The maximum atomic E-state index is 11.8. The normalized spacial score (nSPS) is 13.2. The highest BCUT2D eigenvalue weighted by molar-refractivity contribution is 5.74. The second-order valence-corrected chi connectivity index (χ2v) is 5.08. The Balaban J connectivity index is 2.91. The molecular formula is C11H17N3O4. The minimum Gasteiger partial charge on any atom is -0.458 e. The molecule has 1 atom stereocenters. The van der Waals surface area contributed by atoms with Crippen LogP contribution in [0.1, 0.15) is 39.3 Å². The van der Waals surface area contributed by atoms with Gasteiger partial charge in [0.15, 0.2) is 6.04 Å². The molecule has 1 rings (SSSR count). The molecule has 1 aromatic rings. The molecule has 7 heteroatoms. The maximum Gasteiger partial charge on any atom is 0.392 e. The molecule has 0 N–H and O–H groups in total. The number of rotatable bonds is 3.